The third-order valence-corrected chi connectivity index (χ3v) is 8.32. The quantitative estimate of drug-likeness (QED) is 0.293. The fourth-order valence-corrected chi connectivity index (χ4v) is 6.35. The lowest BCUT2D eigenvalue weighted by molar-refractivity contribution is -0.0694. The molecule has 8 nitrogen and oxygen atoms in total. The second-order valence-corrected chi connectivity index (χ2v) is 11.9. The maximum absolute atomic E-state index is 14.5. The molecule has 0 saturated carbocycles. The molecule has 2 atom stereocenters. The highest BCUT2D eigenvalue weighted by atomic mass is 16.5. The minimum absolute atomic E-state index is 0.0381. The summed E-state index contributed by atoms with van der Waals surface area (Å²) in [5.74, 6) is -0.324. The number of nitrogens with zero attached hydrogens (tertiary/aromatic N) is 3. The van der Waals surface area contributed by atoms with E-state index < -0.39 is 5.97 Å². The third kappa shape index (κ3) is 5.08. The van der Waals surface area contributed by atoms with Gasteiger partial charge in [-0.2, -0.15) is 0 Å². The second kappa shape index (κ2) is 10.3. The Kier molecular flexibility index (Phi) is 6.82. The summed E-state index contributed by atoms with van der Waals surface area (Å²) >= 11 is 0. The van der Waals surface area contributed by atoms with Gasteiger partial charge in [0.05, 0.1) is 28.1 Å². The number of fused-ring (bicyclic) bond motifs is 2. The number of ether oxygens (including phenoxy) is 1. The predicted octanol–water partition coefficient (Wildman–Crippen LogP) is 6.23. The molecule has 0 spiro atoms. The zero-order valence-corrected chi connectivity index (χ0v) is 24.0. The van der Waals surface area contributed by atoms with Crippen LogP contribution in [-0.4, -0.2) is 32.8 Å². The van der Waals surface area contributed by atoms with Crippen molar-refractivity contribution >= 4 is 28.5 Å². The van der Waals surface area contributed by atoms with Gasteiger partial charge in [-0.15, -0.1) is 0 Å². The van der Waals surface area contributed by atoms with E-state index in [2.05, 4.69) is 36.2 Å². The predicted molar refractivity (Wildman–Crippen MR) is 161 cm³/mol. The number of carbonyl (C=O) groups is 1. The van der Waals surface area contributed by atoms with Crippen LogP contribution in [-0.2, 0) is 17.8 Å². The second-order valence-electron chi connectivity index (χ2n) is 11.9. The number of nitrogens with one attached hydrogen (secondary N) is 1. The van der Waals surface area contributed by atoms with E-state index in [0.29, 0.717) is 42.2 Å². The van der Waals surface area contributed by atoms with E-state index in [1.807, 2.05) is 48.7 Å². The lowest BCUT2D eigenvalue weighted by Gasteiger charge is -2.38. The number of carboxylic acids is 1. The summed E-state index contributed by atoms with van der Waals surface area (Å²) in [4.78, 5) is 33.8. The number of para-hydroxylation sites is 1. The van der Waals surface area contributed by atoms with Crippen molar-refractivity contribution in [3.63, 3.8) is 0 Å². The third-order valence-electron chi connectivity index (χ3n) is 8.32. The summed E-state index contributed by atoms with van der Waals surface area (Å²) in [6.45, 7) is 10.1. The zero-order chi connectivity index (χ0) is 28.9. The van der Waals surface area contributed by atoms with Gasteiger partial charge in [0.1, 0.15) is 0 Å². The molecule has 0 bridgehead atoms. The number of aromatic carboxylic acids is 1. The van der Waals surface area contributed by atoms with Crippen molar-refractivity contribution in [3.05, 3.63) is 98.8 Å². The number of rotatable bonds is 6. The van der Waals surface area contributed by atoms with Crippen molar-refractivity contribution in [1.82, 2.24) is 9.55 Å². The average molecular weight is 553 g/mol. The first-order chi connectivity index (χ1) is 19.6. The van der Waals surface area contributed by atoms with Crippen LogP contribution in [0, 0.1) is 6.92 Å². The summed E-state index contributed by atoms with van der Waals surface area (Å²) in [5.41, 5.74) is 5.26. The minimum atomic E-state index is -0.995. The molecule has 6 rings (SSSR count). The maximum atomic E-state index is 14.5. The van der Waals surface area contributed by atoms with Gasteiger partial charge in [0, 0.05) is 37.0 Å². The maximum Gasteiger partial charge on any atom is 0.337 e. The van der Waals surface area contributed by atoms with Gasteiger partial charge in [0.2, 0.25) is 5.95 Å². The number of hydrogen-bond acceptors (Lipinski definition) is 6. The molecule has 2 unspecified atom stereocenters. The number of hydrogen-bond donors (Lipinski definition) is 2. The SMILES string of the molecule is Cc1cc(C(C)Nc2ccccc2C(=O)O)c2nc(N3Cc4ccccc4C3)n(C3CCOC(C)(C)C3)c(=O)c2c1. The minimum Gasteiger partial charge on any atom is -0.478 e. The van der Waals surface area contributed by atoms with Crippen molar-refractivity contribution < 1.29 is 14.6 Å². The van der Waals surface area contributed by atoms with E-state index >= 15 is 0 Å². The van der Waals surface area contributed by atoms with E-state index in [-0.39, 0.29) is 28.8 Å². The molecule has 2 N–H and O–H groups in total. The fourth-order valence-electron chi connectivity index (χ4n) is 6.35. The molecular formula is C33H36N4O4. The molecule has 2 aliphatic rings. The van der Waals surface area contributed by atoms with Crippen molar-refractivity contribution in [3.8, 4) is 0 Å². The highest BCUT2D eigenvalue weighted by Crippen LogP contribution is 2.37. The molecule has 8 heteroatoms. The first kappa shape index (κ1) is 27.0. The molecule has 3 aromatic carbocycles. The van der Waals surface area contributed by atoms with Crippen molar-refractivity contribution in [1.29, 1.82) is 0 Å². The molecule has 3 heterocycles. The molecule has 41 heavy (non-hydrogen) atoms. The van der Waals surface area contributed by atoms with Gasteiger partial charge in [0.25, 0.3) is 5.56 Å². The van der Waals surface area contributed by atoms with Gasteiger partial charge in [-0.05, 0) is 75.4 Å². The molecule has 2 aliphatic heterocycles. The van der Waals surface area contributed by atoms with Crippen molar-refractivity contribution in [2.45, 2.75) is 71.3 Å². The Balaban J connectivity index is 1.51. The molecule has 1 aromatic heterocycles. The lowest BCUT2D eigenvalue weighted by atomic mass is 9.93. The van der Waals surface area contributed by atoms with Crippen LogP contribution in [0.1, 0.15) is 78.3 Å². The van der Waals surface area contributed by atoms with Gasteiger partial charge < -0.3 is 20.1 Å². The van der Waals surface area contributed by atoms with E-state index in [9.17, 15) is 14.7 Å². The van der Waals surface area contributed by atoms with Gasteiger partial charge >= 0.3 is 5.97 Å². The highest BCUT2D eigenvalue weighted by Gasteiger charge is 2.34. The summed E-state index contributed by atoms with van der Waals surface area (Å²) in [5, 5.41) is 13.7. The van der Waals surface area contributed by atoms with Gasteiger partial charge in [-0.25, -0.2) is 9.78 Å². The van der Waals surface area contributed by atoms with E-state index in [4.69, 9.17) is 9.72 Å². The van der Waals surface area contributed by atoms with Crippen LogP contribution < -0.4 is 15.8 Å². The molecule has 0 radical (unpaired) electrons. The number of aryl methyl sites for hydroxylation is 1. The molecular weight excluding hydrogens is 516 g/mol. The summed E-state index contributed by atoms with van der Waals surface area (Å²) in [6, 6.07) is 18.9. The van der Waals surface area contributed by atoms with Crippen LogP contribution in [0.2, 0.25) is 0 Å². The number of carboxylic acid groups (broad SMARTS) is 1. The molecule has 0 aliphatic carbocycles. The smallest absolute Gasteiger partial charge is 0.337 e. The van der Waals surface area contributed by atoms with Gasteiger partial charge in [-0.1, -0.05) is 42.5 Å². The molecule has 1 fully saturated rings. The average Bonchev–Trinajstić information content (AvgIpc) is 3.37. The van der Waals surface area contributed by atoms with Crippen LogP contribution in [0.3, 0.4) is 0 Å². The van der Waals surface area contributed by atoms with Crippen LogP contribution >= 0.6 is 0 Å². The number of benzene rings is 3. The molecule has 212 valence electrons. The first-order valence-electron chi connectivity index (χ1n) is 14.2. The zero-order valence-electron chi connectivity index (χ0n) is 24.0. The van der Waals surface area contributed by atoms with Crippen molar-refractivity contribution in [2.75, 3.05) is 16.8 Å². The Hall–Kier alpha value is -4.17. The van der Waals surface area contributed by atoms with Crippen LogP contribution in [0.5, 0.6) is 0 Å². The number of aromatic nitrogens is 2. The Morgan fingerprint density at radius 2 is 1.78 bits per heavy atom. The summed E-state index contributed by atoms with van der Waals surface area (Å²) in [6.07, 6.45) is 1.46. The van der Waals surface area contributed by atoms with Crippen molar-refractivity contribution in [2.24, 2.45) is 0 Å². The highest BCUT2D eigenvalue weighted by molar-refractivity contribution is 5.94. The lowest BCUT2D eigenvalue weighted by Crippen LogP contribution is -2.40. The Labute approximate surface area is 239 Å². The Morgan fingerprint density at radius 1 is 1.10 bits per heavy atom. The van der Waals surface area contributed by atoms with E-state index in [0.717, 1.165) is 24.0 Å². The summed E-state index contributed by atoms with van der Waals surface area (Å²) < 4.78 is 7.93. The largest absolute Gasteiger partial charge is 0.478 e. The topological polar surface area (TPSA) is 96.7 Å². The van der Waals surface area contributed by atoms with Crippen LogP contribution in [0.15, 0.2) is 65.5 Å². The Bertz CT molecular complexity index is 1680. The van der Waals surface area contributed by atoms with Gasteiger partial charge in [0.15, 0.2) is 0 Å². The van der Waals surface area contributed by atoms with Crippen LogP contribution in [0.4, 0.5) is 11.6 Å². The first-order valence-corrected chi connectivity index (χ1v) is 14.2. The standard InChI is InChI=1S/C33H36N4O4/c1-20-15-26(21(2)34-28-12-8-7-11-25(28)31(39)40)29-27(16-20)30(38)37(24-13-14-41-33(3,4)17-24)32(35-29)36-18-22-9-5-6-10-23(22)19-36/h5-12,15-16,21,24,34H,13-14,17-19H2,1-4H3,(H,39,40). The number of anilines is 2. The monoisotopic (exact) mass is 552 g/mol. The van der Waals surface area contributed by atoms with E-state index in [1.165, 1.54) is 11.1 Å². The molecule has 4 aromatic rings. The molecule has 0 amide bonds. The van der Waals surface area contributed by atoms with Gasteiger partial charge in [-0.3, -0.25) is 9.36 Å². The summed E-state index contributed by atoms with van der Waals surface area (Å²) in [7, 11) is 0. The normalized spacial score (nSPS) is 18.7. The van der Waals surface area contributed by atoms with E-state index in [1.54, 1.807) is 18.2 Å². The van der Waals surface area contributed by atoms with Crippen LogP contribution in [0.25, 0.3) is 10.9 Å². The fraction of sp³-hybridized carbons (Fsp3) is 0.364. The Morgan fingerprint density at radius 3 is 2.46 bits per heavy atom. The molecule has 1 saturated heterocycles.